The maximum Gasteiger partial charge on any atom is 0.258 e. The van der Waals surface area contributed by atoms with Crippen LogP contribution in [0.4, 0.5) is 0 Å². The summed E-state index contributed by atoms with van der Waals surface area (Å²) >= 11 is 0. The van der Waals surface area contributed by atoms with E-state index < -0.39 is 0 Å². The third kappa shape index (κ3) is 1.52. The highest BCUT2D eigenvalue weighted by atomic mass is 16.2. The molecule has 0 saturated heterocycles. The van der Waals surface area contributed by atoms with Crippen molar-refractivity contribution in [3.63, 3.8) is 0 Å². The van der Waals surface area contributed by atoms with E-state index in [-0.39, 0.29) is 11.8 Å². The third-order valence-corrected chi connectivity index (χ3v) is 3.19. The van der Waals surface area contributed by atoms with Crippen LogP contribution < -0.4 is 5.32 Å². The summed E-state index contributed by atoms with van der Waals surface area (Å²) in [4.78, 5) is 23.1. The summed E-state index contributed by atoms with van der Waals surface area (Å²) < 4.78 is 0. The molecule has 1 N–H and O–H groups in total. The van der Waals surface area contributed by atoms with Gasteiger partial charge in [-0.3, -0.25) is 14.9 Å². The van der Waals surface area contributed by atoms with E-state index in [1.165, 1.54) is 0 Å². The first-order valence-electron chi connectivity index (χ1n) is 5.72. The fourth-order valence-corrected chi connectivity index (χ4v) is 2.23. The number of fused-ring (bicyclic) bond motifs is 1. The van der Waals surface area contributed by atoms with E-state index in [0.717, 1.165) is 16.7 Å². The monoisotopic (exact) mass is 237 g/mol. The smallest absolute Gasteiger partial charge is 0.258 e. The van der Waals surface area contributed by atoms with Gasteiger partial charge in [0.15, 0.2) is 0 Å². The van der Waals surface area contributed by atoms with E-state index >= 15 is 0 Å². The summed E-state index contributed by atoms with van der Waals surface area (Å²) in [5, 5.41) is 2.30. The van der Waals surface area contributed by atoms with Crippen molar-refractivity contribution in [1.29, 1.82) is 0 Å². The van der Waals surface area contributed by atoms with Gasteiger partial charge < -0.3 is 0 Å². The molecule has 2 aromatic carbocycles. The number of aryl methyl sites for hydroxylation is 1. The highest BCUT2D eigenvalue weighted by Crippen LogP contribution is 2.27. The minimum Gasteiger partial charge on any atom is -0.288 e. The fourth-order valence-electron chi connectivity index (χ4n) is 2.23. The zero-order valence-electron chi connectivity index (χ0n) is 9.86. The molecule has 3 rings (SSSR count). The number of benzene rings is 2. The molecule has 0 atom stereocenters. The Balaban J connectivity index is 2.17. The Morgan fingerprint density at radius 1 is 0.833 bits per heavy atom. The number of nitrogens with one attached hydrogen (secondary N) is 1. The highest BCUT2D eigenvalue weighted by molar-refractivity contribution is 6.21. The van der Waals surface area contributed by atoms with Gasteiger partial charge >= 0.3 is 0 Å². The SMILES string of the molecule is Cc1ccccc1-c1ccc2c(c1)C(=O)NC2=O. The van der Waals surface area contributed by atoms with E-state index in [1.54, 1.807) is 12.1 Å². The van der Waals surface area contributed by atoms with Crippen molar-refractivity contribution in [2.45, 2.75) is 6.92 Å². The number of carbonyl (C=O) groups excluding carboxylic acids is 2. The molecule has 0 unspecified atom stereocenters. The fraction of sp³-hybridized carbons (Fsp3) is 0.0667. The molecule has 0 aromatic heterocycles. The van der Waals surface area contributed by atoms with Gasteiger partial charge in [0.25, 0.3) is 11.8 Å². The van der Waals surface area contributed by atoms with Crippen molar-refractivity contribution >= 4 is 11.8 Å². The topological polar surface area (TPSA) is 46.2 Å². The molecule has 18 heavy (non-hydrogen) atoms. The Labute approximate surface area is 104 Å². The summed E-state index contributed by atoms with van der Waals surface area (Å²) in [6.07, 6.45) is 0. The number of amides is 2. The minimum absolute atomic E-state index is 0.314. The number of rotatable bonds is 1. The molecule has 0 aliphatic carbocycles. The zero-order chi connectivity index (χ0) is 12.7. The van der Waals surface area contributed by atoms with Gasteiger partial charge in [-0.2, -0.15) is 0 Å². The molecule has 0 spiro atoms. The largest absolute Gasteiger partial charge is 0.288 e. The van der Waals surface area contributed by atoms with Crippen LogP contribution in [0.2, 0.25) is 0 Å². The van der Waals surface area contributed by atoms with E-state index in [4.69, 9.17) is 0 Å². The lowest BCUT2D eigenvalue weighted by atomic mass is 9.97. The summed E-state index contributed by atoms with van der Waals surface area (Å²) in [5.41, 5.74) is 4.09. The van der Waals surface area contributed by atoms with Crippen LogP contribution in [0.25, 0.3) is 11.1 Å². The standard InChI is InChI=1S/C15H11NO2/c1-9-4-2-3-5-11(9)10-6-7-12-13(8-10)15(18)16-14(12)17/h2-8H,1H3,(H,16,17,18). The van der Waals surface area contributed by atoms with Crippen LogP contribution in [0.1, 0.15) is 26.3 Å². The highest BCUT2D eigenvalue weighted by Gasteiger charge is 2.26. The molecule has 3 heteroatoms. The summed E-state index contributed by atoms with van der Waals surface area (Å²) in [7, 11) is 0. The Hall–Kier alpha value is -2.42. The first kappa shape index (κ1) is 10.7. The van der Waals surface area contributed by atoms with Gasteiger partial charge in [0, 0.05) is 0 Å². The summed E-state index contributed by atoms with van der Waals surface area (Å²) in [5.74, 6) is -0.628. The predicted molar refractivity (Wildman–Crippen MR) is 68.4 cm³/mol. The molecule has 2 aromatic rings. The third-order valence-electron chi connectivity index (χ3n) is 3.19. The second-order valence-electron chi connectivity index (χ2n) is 4.36. The second-order valence-corrected chi connectivity index (χ2v) is 4.36. The predicted octanol–water partition coefficient (Wildman–Crippen LogP) is 2.55. The second kappa shape index (κ2) is 3.81. The zero-order valence-corrected chi connectivity index (χ0v) is 9.86. The lowest BCUT2D eigenvalue weighted by molar-refractivity contribution is 0.0879. The summed E-state index contributed by atoms with van der Waals surface area (Å²) in [6.45, 7) is 2.02. The molecule has 1 heterocycles. The van der Waals surface area contributed by atoms with Crippen LogP contribution in [-0.2, 0) is 0 Å². The van der Waals surface area contributed by atoms with Gasteiger partial charge in [0.2, 0.25) is 0 Å². The summed E-state index contributed by atoms with van der Waals surface area (Å²) in [6, 6.07) is 13.3. The Morgan fingerprint density at radius 2 is 1.56 bits per heavy atom. The van der Waals surface area contributed by atoms with Gasteiger partial charge in [-0.05, 0) is 35.7 Å². The lowest BCUT2D eigenvalue weighted by Crippen LogP contribution is -2.19. The van der Waals surface area contributed by atoms with Gasteiger partial charge in [0.1, 0.15) is 0 Å². The molecular weight excluding hydrogens is 226 g/mol. The first-order chi connectivity index (χ1) is 8.66. The van der Waals surface area contributed by atoms with Crippen molar-refractivity contribution in [3.8, 4) is 11.1 Å². The van der Waals surface area contributed by atoms with E-state index in [9.17, 15) is 9.59 Å². The van der Waals surface area contributed by atoms with Crippen LogP contribution in [-0.4, -0.2) is 11.8 Å². The molecule has 88 valence electrons. The maximum absolute atomic E-state index is 11.6. The Kier molecular flexibility index (Phi) is 2.27. The van der Waals surface area contributed by atoms with E-state index in [2.05, 4.69) is 5.32 Å². The molecule has 0 saturated carbocycles. The molecule has 3 nitrogen and oxygen atoms in total. The number of imide groups is 1. The molecule has 0 fully saturated rings. The number of carbonyl (C=O) groups is 2. The van der Waals surface area contributed by atoms with E-state index in [0.29, 0.717) is 11.1 Å². The lowest BCUT2D eigenvalue weighted by Gasteiger charge is -2.06. The van der Waals surface area contributed by atoms with Crippen LogP contribution in [0.5, 0.6) is 0 Å². The van der Waals surface area contributed by atoms with E-state index in [1.807, 2.05) is 37.3 Å². The van der Waals surface area contributed by atoms with Crippen molar-refractivity contribution in [2.75, 3.05) is 0 Å². The molecule has 1 aliphatic heterocycles. The number of hydrogen-bond donors (Lipinski definition) is 1. The van der Waals surface area contributed by atoms with Crippen LogP contribution in [0.15, 0.2) is 42.5 Å². The van der Waals surface area contributed by atoms with Gasteiger partial charge in [0.05, 0.1) is 11.1 Å². The van der Waals surface area contributed by atoms with Crippen LogP contribution >= 0.6 is 0 Å². The van der Waals surface area contributed by atoms with Gasteiger partial charge in [-0.15, -0.1) is 0 Å². The van der Waals surface area contributed by atoms with Gasteiger partial charge in [-0.1, -0.05) is 30.3 Å². The average Bonchev–Trinajstić information content (AvgIpc) is 2.65. The maximum atomic E-state index is 11.6. The van der Waals surface area contributed by atoms with Crippen LogP contribution in [0, 0.1) is 6.92 Å². The van der Waals surface area contributed by atoms with Crippen molar-refractivity contribution < 1.29 is 9.59 Å². The van der Waals surface area contributed by atoms with Crippen molar-refractivity contribution in [1.82, 2.24) is 5.32 Å². The molecular formula is C15H11NO2. The van der Waals surface area contributed by atoms with Gasteiger partial charge in [-0.25, -0.2) is 0 Å². The van der Waals surface area contributed by atoms with Crippen LogP contribution in [0.3, 0.4) is 0 Å². The quantitative estimate of drug-likeness (QED) is 0.775. The number of hydrogen-bond acceptors (Lipinski definition) is 2. The Bertz CT molecular complexity index is 674. The van der Waals surface area contributed by atoms with Crippen molar-refractivity contribution in [3.05, 3.63) is 59.2 Å². The normalized spacial score (nSPS) is 13.4. The first-order valence-corrected chi connectivity index (χ1v) is 5.72. The molecule has 0 bridgehead atoms. The average molecular weight is 237 g/mol. The molecule has 2 amide bonds. The molecule has 0 radical (unpaired) electrons. The minimum atomic E-state index is -0.314. The van der Waals surface area contributed by atoms with Crippen molar-refractivity contribution in [2.24, 2.45) is 0 Å². The molecule has 1 aliphatic rings. The Morgan fingerprint density at radius 3 is 2.33 bits per heavy atom.